The third-order valence-corrected chi connectivity index (χ3v) is 5.31. The van der Waals surface area contributed by atoms with Gasteiger partial charge in [0.1, 0.15) is 0 Å². The van der Waals surface area contributed by atoms with Crippen LogP contribution in [0.25, 0.3) is 0 Å². The second-order valence-corrected chi connectivity index (χ2v) is 7.40. The number of nitrogens with zero attached hydrogens (tertiary/aromatic N) is 2. The van der Waals surface area contributed by atoms with E-state index in [9.17, 15) is 4.79 Å². The number of hydrogen-bond donors (Lipinski definition) is 2. The van der Waals surface area contributed by atoms with Crippen LogP contribution in [0.3, 0.4) is 0 Å². The average molecular weight is 419 g/mol. The maximum Gasteiger partial charge on any atom is 0.275 e. The first kappa shape index (κ1) is 22.5. The van der Waals surface area contributed by atoms with Gasteiger partial charge in [-0.2, -0.15) is 0 Å². The zero-order valence-corrected chi connectivity index (χ0v) is 18.2. The summed E-state index contributed by atoms with van der Waals surface area (Å²) in [6.45, 7) is 7.61. The normalized spacial score (nSPS) is 10.9. The molecule has 0 atom stereocenters. The lowest BCUT2D eigenvalue weighted by Gasteiger charge is -2.18. The summed E-state index contributed by atoms with van der Waals surface area (Å²) in [6, 6.07) is 17.4. The van der Waals surface area contributed by atoms with Crippen LogP contribution in [0.5, 0.6) is 0 Å². The van der Waals surface area contributed by atoms with Crippen molar-refractivity contribution in [3.8, 4) is 0 Å². The fraction of sp³-hybridized carbons (Fsp3) is 0.280. The van der Waals surface area contributed by atoms with Crippen molar-refractivity contribution in [3.63, 3.8) is 0 Å². The maximum atomic E-state index is 12.7. The number of aromatic nitrogens is 1. The van der Waals surface area contributed by atoms with E-state index in [-0.39, 0.29) is 5.91 Å². The van der Waals surface area contributed by atoms with Crippen LogP contribution in [0.4, 0.5) is 5.69 Å². The van der Waals surface area contributed by atoms with Crippen LogP contribution in [0.15, 0.2) is 67.0 Å². The van der Waals surface area contributed by atoms with Crippen LogP contribution in [-0.4, -0.2) is 28.9 Å². The molecule has 0 radical (unpaired) electrons. The number of nitrogens with one attached hydrogen (secondary N) is 1. The highest BCUT2D eigenvalue weighted by Crippen LogP contribution is 2.21. The molecule has 0 aliphatic carbocycles. The van der Waals surface area contributed by atoms with Crippen LogP contribution in [-0.2, 0) is 24.4 Å². The number of hydroxylamine groups is 1. The molecule has 0 saturated heterocycles. The number of anilines is 1. The Hall–Kier alpha value is -3.22. The fourth-order valence-electron chi connectivity index (χ4n) is 3.41. The molecule has 0 bridgehead atoms. The summed E-state index contributed by atoms with van der Waals surface area (Å²) in [4.78, 5) is 24.6. The van der Waals surface area contributed by atoms with Crippen molar-refractivity contribution < 1.29 is 9.63 Å². The first-order chi connectivity index (χ1) is 15.1. The lowest BCUT2D eigenvalue weighted by atomic mass is 9.98. The number of benzene rings is 2. The lowest BCUT2D eigenvalue weighted by Crippen LogP contribution is -2.25. The molecule has 3 N–H and O–H groups in total. The van der Waals surface area contributed by atoms with Gasteiger partial charge >= 0.3 is 0 Å². The van der Waals surface area contributed by atoms with Crippen LogP contribution in [0, 0.1) is 0 Å². The van der Waals surface area contributed by atoms with E-state index in [1.807, 2.05) is 24.3 Å². The van der Waals surface area contributed by atoms with Gasteiger partial charge in [0.15, 0.2) is 0 Å². The molecule has 0 spiro atoms. The second-order valence-electron chi connectivity index (χ2n) is 7.40. The number of carbonyl (C=O) groups is 1. The van der Waals surface area contributed by atoms with Crippen molar-refractivity contribution in [1.82, 2.24) is 15.4 Å². The summed E-state index contributed by atoms with van der Waals surface area (Å²) in [5.74, 6) is -0.311. The Balaban J connectivity index is 1.58. The van der Waals surface area contributed by atoms with E-state index in [0.29, 0.717) is 24.3 Å². The number of carbonyl (C=O) groups excluding carboxylic acids is 1. The Labute approximate surface area is 184 Å². The minimum Gasteiger partial charge on any atom is -0.398 e. The van der Waals surface area contributed by atoms with E-state index in [4.69, 9.17) is 10.6 Å². The SMILES string of the molecule is CCN(CC)Cc1ccc(CONC(=O)c2cccc(N)c2Cc2ccncc2)cc1. The van der Waals surface area contributed by atoms with Crippen LogP contribution >= 0.6 is 0 Å². The standard InChI is InChI=1S/C25H30N4O2/c1-3-29(4-2)17-20-8-10-21(11-9-20)18-31-28-25(30)22-6-5-7-24(26)23(22)16-19-12-14-27-15-13-19/h5-15H,3-4,16-18,26H2,1-2H3,(H,28,30). The summed E-state index contributed by atoms with van der Waals surface area (Å²) >= 11 is 0. The second kappa shape index (κ2) is 11.2. The highest BCUT2D eigenvalue weighted by Gasteiger charge is 2.14. The Bertz CT molecular complexity index is 971. The Morgan fingerprint density at radius 2 is 1.65 bits per heavy atom. The third kappa shape index (κ3) is 6.38. The number of nitrogens with two attached hydrogens (primary N) is 1. The zero-order chi connectivity index (χ0) is 22.1. The molecule has 2 aromatic carbocycles. The van der Waals surface area contributed by atoms with Crippen molar-refractivity contribution in [3.05, 3.63) is 94.8 Å². The number of nitrogen functional groups attached to an aromatic ring is 1. The number of amides is 1. The molecule has 3 aromatic rings. The monoisotopic (exact) mass is 418 g/mol. The first-order valence-electron chi connectivity index (χ1n) is 10.6. The fourth-order valence-corrected chi connectivity index (χ4v) is 3.41. The summed E-state index contributed by atoms with van der Waals surface area (Å²) in [5.41, 5.74) is 13.9. The van der Waals surface area contributed by atoms with Gasteiger partial charge in [0.2, 0.25) is 0 Å². The molecule has 0 fully saturated rings. The minimum absolute atomic E-state index is 0.291. The van der Waals surface area contributed by atoms with E-state index in [1.165, 1.54) is 5.56 Å². The predicted octanol–water partition coefficient (Wildman–Crippen LogP) is 3.96. The van der Waals surface area contributed by atoms with Gasteiger partial charge in [0, 0.05) is 36.6 Å². The third-order valence-electron chi connectivity index (χ3n) is 5.31. The summed E-state index contributed by atoms with van der Waals surface area (Å²) in [6.07, 6.45) is 4.00. The number of rotatable bonds is 10. The summed E-state index contributed by atoms with van der Waals surface area (Å²) < 4.78 is 0. The topological polar surface area (TPSA) is 80.5 Å². The van der Waals surface area contributed by atoms with Crippen molar-refractivity contribution in [1.29, 1.82) is 0 Å². The molecule has 6 nitrogen and oxygen atoms in total. The van der Waals surface area contributed by atoms with Crippen molar-refractivity contribution in [2.24, 2.45) is 0 Å². The quantitative estimate of drug-likeness (QED) is 0.385. The minimum atomic E-state index is -0.311. The highest BCUT2D eigenvalue weighted by molar-refractivity contribution is 5.96. The van der Waals surface area contributed by atoms with E-state index in [0.717, 1.165) is 36.3 Å². The van der Waals surface area contributed by atoms with Gasteiger partial charge < -0.3 is 5.73 Å². The van der Waals surface area contributed by atoms with Gasteiger partial charge in [0.05, 0.1) is 6.61 Å². The Kier molecular flexibility index (Phi) is 8.15. The first-order valence-corrected chi connectivity index (χ1v) is 10.6. The number of hydrogen-bond acceptors (Lipinski definition) is 5. The highest BCUT2D eigenvalue weighted by atomic mass is 16.6. The zero-order valence-electron chi connectivity index (χ0n) is 18.2. The molecular formula is C25H30N4O2. The molecule has 0 unspecified atom stereocenters. The van der Waals surface area contributed by atoms with E-state index in [2.05, 4.69) is 41.3 Å². The maximum absolute atomic E-state index is 12.7. The van der Waals surface area contributed by atoms with Crippen molar-refractivity contribution >= 4 is 11.6 Å². The molecule has 162 valence electrons. The van der Waals surface area contributed by atoms with Crippen molar-refractivity contribution in [2.75, 3.05) is 18.8 Å². The smallest absolute Gasteiger partial charge is 0.275 e. The molecule has 1 aromatic heterocycles. The lowest BCUT2D eigenvalue weighted by molar-refractivity contribution is 0.0233. The molecule has 1 amide bonds. The van der Waals surface area contributed by atoms with Crippen LogP contribution < -0.4 is 11.2 Å². The predicted molar refractivity (Wildman–Crippen MR) is 123 cm³/mol. The molecule has 0 saturated carbocycles. The van der Waals surface area contributed by atoms with Gasteiger partial charge in [-0.3, -0.25) is 19.5 Å². The largest absolute Gasteiger partial charge is 0.398 e. The van der Waals surface area contributed by atoms with E-state index < -0.39 is 0 Å². The van der Waals surface area contributed by atoms with E-state index >= 15 is 0 Å². The molecule has 6 heteroatoms. The average Bonchev–Trinajstić information content (AvgIpc) is 2.80. The summed E-state index contributed by atoms with van der Waals surface area (Å²) in [5, 5.41) is 0. The van der Waals surface area contributed by atoms with Crippen LogP contribution in [0.1, 0.15) is 46.5 Å². The Morgan fingerprint density at radius 1 is 0.968 bits per heavy atom. The molecule has 31 heavy (non-hydrogen) atoms. The van der Waals surface area contributed by atoms with Gasteiger partial charge in [-0.25, -0.2) is 5.48 Å². The van der Waals surface area contributed by atoms with Gasteiger partial charge in [-0.15, -0.1) is 0 Å². The van der Waals surface area contributed by atoms with Gasteiger partial charge in [0.25, 0.3) is 5.91 Å². The molecule has 0 aliphatic heterocycles. The van der Waals surface area contributed by atoms with Gasteiger partial charge in [-0.1, -0.05) is 44.2 Å². The van der Waals surface area contributed by atoms with Crippen molar-refractivity contribution in [2.45, 2.75) is 33.4 Å². The van der Waals surface area contributed by atoms with Crippen LogP contribution in [0.2, 0.25) is 0 Å². The molecular weight excluding hydrogens is 388 g/mol. The summed E-state index contributed by atoms with van der Waals surface area (Å²) in [7, 11) is 0. The molecule has 1 heterocycles. The van der Waals surface area contributed by atoms with E-state index in [1.54, 1.807) is 30.6 Å². The molecule has 3 rings (SSSR count). The van der Waals surface area contributed by atoms with Gasteiger partial charge in [-0.05, 0) is 59.6 Å². The number of pyridine rings is 1. The Morgan fingerprint density at radius 3 is 2.32 bits per heavy atom. The molecule has 0 aliphatic rings.